The van der Waals surface area contributed by atoms with Gasteiger partial charge in [0.25, 0.3) is 0 Å². The fourth-order valence-electron chi connectivity index (χ4n) is 2.43. The van der Waals surface area contributed by atoms with Crippen LogP contribution in [0.25, 0.3) is 0 Å². The minimum absolute atomic E-state index is 0.107. The van der Waals surface area contributed by atoms with Gasteiger partial charge in [0.15, 0.2) is 0 Å². The summed E-state index contributed by atoms with van der Waals surface area (Å²) in [7, 11) is 0. The van der Waals surface area contributed by atoms with Crippen LogP contribution >= 0.6 is 0 Å². The lowest BCUT2D eigenvalue weighted by Crippen LogP contribution is -2.35. The van der Waals surface area contributed by atoms with E-state index in [1.54, 1.807) is 19.1 Å². The Morgan fingerprint density at radius 1 is 1.39 bits per heavy atom. The summed E-state index contributed by atoms with van der Waals surface area (Å²) in [5, 5.41) is 3.53. The number of aryl methyl sites for hydroxylation is 1. The van der Waals surface area contributed by atoms with Crippen molar-refractivity contribution < 1.29 is 9.13 Å². The lowest BCUT2D eigenvalue weighted by Gasteiger charge is -2.18. The molecule has 1 aliphatic carbocycles. The summed E-state index contributed by atoms with van der Waals surface area (Å²) < 4.78 is 18.9. The van der Waals surface area contributed by atoms with Crippen LogP contribution in [0.4, 0.5) is 4.39 Å². The van der Waals surface area contributed by atoms with Gasteiger partial charge in [-0.1, -0.05) is 12.8 Å². The van der Waals surface area contributed by atoms with E-state index in [1.807, 2.05) is 6.92 Å². The van der Waals surface area contributed by atoms with Gasteiger partial charge < -0.3 is 10.1 Å². The number of ether oxygens (including phenoxy) is 1. The summed E-state index contributed by atoms with van der Waals surface area (Å²) >= 11 is 0. The highest BCUT2D eigenvalue weighted by atomic mass is 19.1. The van der Waals surface area contributed by atoms with Crippen LogP contribution in [0.3, 0.4) is 0 Å². The SMILES string of the molecule is Cc1cc(OC(C)CNC2CCCC2)ccc1F. The minimum Gasteiger partial charge on any atom is -0.489 e. The maximum Gasteiger partial charge on any atom is 0.126 e. The van der Waals surface area contributed by atoms with Gasteiger partial charge in [0, 0.05) is 12.6 Å². The molecule has 1 N–H and O–H groups in total. The first-order valence-corrected chi connectivity index (χ1v) is 6.81. The van der Waals surface area contributed by atoms with Gasteiger partial charge in [-0.2, -0.15) is 0 Å². The fraction of sp³-hybridized carbons (Fsp3) is 0.600. The van der Waals surface area contributed by atoms with Crippen LogP contribution in [-0.2, 0) is 0 Å². The molecular weight excluding hydrogens is 229 g/mol. The monoisotopic (exact) mass is 251 g/mol. The molecule has 0 bridgehead atoms. The first kappa shape index (κ1) is 13.3. The topological polar surface area (TPSA) is 21.3 Å². The molecule has 1 aromatic carbocycles. The predicted octanol–water partition coefficient (Wildman–Crippen LogP) is 3.43. The molecule has 0 heterocycles. The van der Waals surface area contributed by atoms with Crippen molar-refractivity contribution in [3.8, 4) is 5.75 Å². The second-order valence-corrected chi connectivity index (χ2v) is 5.23. The Balaban J connectivity index is 1.78. The zero-order valence-electron chi connectivity index (χ0n) is 11.2. The predicted molar refractivity (Wildman–Crippen MR) is 71.5 cm³/mol. The highest BCUT2D eigenvalue weighted by Crippen LogP contribution is 2.19. The van der Waals surface area contributed by atoms with Gasteiger partial charge in [-0.05, 0) is 50.5 Å². The highest BCUT2D eigenvalue weighted by Gasteiger charge is 2.15. The van der Waals surface area contributed by atoms with Crippen molar-refractivity contribution in [1.29, 1.82) is 0 Å². The Bertz CT molecular complexity index is 388. The van der Waals surface area contributed by atoms with E-state index in [0.29, 0.717) is 11.6 Å². The van der Waals surface area contributed by atoms with Crippen LogP contribution in [-0.4, -0.2) is 18.7 Å². The molecule has 1 fully saturated rings. The van der Waals surface area contributed by atoms with E-state index in [0.717, 1.165) is 12.3 Å². The molecule has 2 rings (SSSR count). The average Bonchev–Trinajstić information content (AvgIpc) is 2.84. The van der Waals surface area contributed by atoms with Crippen molar-refractivity contribution in [2.24, 2.45) is 0 Å². The standard InChI is InChI=1S/C15H22FNO/c1-11-9-14(7-8-15(11)16)18-12(2)10-17-13-5-3-4-6-13/h7-9,12-13,17H,3-6,10H2,1-2H3. The maximum absolute atomic E-state index is 13.1. The first-order chi connectivity index (χ1) is 8.65. The van der Waals surface area contributed by atoms with Crippen molar-refractivity contribution in [1.82, 2.24) is 5.32 Å². The Kier molecular flexibility index (Phi) is 4.59. The smallest absolute Gasteiger partial charge is 0.126 e. The number of hydrogen-bond donors (Lipinski definition) is 1. The fourth-order valence-corrected chi connectivity index (χ4v) is 2.43. The second kappa shape index (κ2) is 6.19. The quantitative estimate of drug-likeness (QED) is 0.865. The van der Waals surface area contributed by atoms with Crippen molar-refractivity contribution in [3.05, 3.63) is 29.6 Å². The summed E-state index contributed by atoms with van der Waals surface area (Å²) in [6, 6.07) is 5.56. The molecule has 0 amide bonds. The molecule has 1 unspecified atom stereocenters. The van der Waals surface area contributed by atoms with Gasteiger partial charge in [-0.25, -0.2) is 4.39 Å². The van der Waals surface area contributed by atoms with E-state index >= 15 is 0 Å². The molecule has 0 radical (unpaired) electrons. The summed E-state index contributed by atoms with van der Waals surface area (Å²) in [4.78, 5) is 0. The third kappa shape index (κ3) is 3.70. The molecule has 1 saturated carbocycles. The molecule has 0 spiro atoms. The van der Waals surface area contributed by atoms with Crippen LogP contribution < -0.4 is 10.1 Å². The molecule has 1 aromatic rings. The highest BCUT2D eigenvalue weighted by molar-refractivity contribution is 5.28. The van der Waals surface area contributed by atoms with E-state index in [9.17, 15) is 4.39 Å². The van der Waals surface area contributed by atoms with E-state index in [2.05, 4.69) is 5.32 Å². The molecule has 100 valence electrons. The van der Waals surface area contributed by atoms with E-state index in [-0.39, 0.29) is 11.9 Å². The third-order valence-corrected chi connectivity index (χ3v) is 3.52. The van der Waals surface area contributed by atoms with E-state index in [1.165, 1.54) is 31.7 Å². The molecule has 1 atom stereocenters. The normalized spacial score (nSPS) is 17.9. The number of benzene rings is 1. The summed E-state index contributed by atoms with van der Waals surface area (Å²) in [5.74, 6) is 0.564. The van der Waals surface area contributed by atoms with Gasteiger partial charge in [0.2, 0.25) is 0 Å². The molecule has 3 heteroatoms. The van der Waals surface area contributed by atoms with Crippen molar-refractivity contribution in [3.63, 3.8) is 0 Å². The largest absolute Gasteiger partial charge is 0.489 e. The molecule has 0 aliphatic heterocycles. The summed E-state index contributed by atoms with van der Waals surface area (Å²) in [6.07, 6.45) is 5.34. The minimum atomic E-state index is -0.181. The van der Waals surface area contributed by atoms with Crippen molar-refractivity contribution in [2.75, 3.05) is 6.54 Å². The zero-order valence-corrected chi connectivity index (χ0v) is 11.2. The van der Waals surface area contributed by atoms with Crippen LogP contribution in [0.15, 0.2) is 18.2 Å². The molecule has 0 saturated heterocycles. The summed E-state index contributed by atoms with van der Waals surface area (Å²) in [6.45, 7) is 4.64. The van der Waals surface area contributed by atoms with Gasteiger partial charge in [-0.15, -0.1) is 0 Å². The van der Waals surface area contributed by atoms with Gasteiger partial charge >= 0.3 is 0 Å². The summed E-state index contributed by atoms with van der Waals surface area (Å²) in [5.41, 5.74) is 0.628. The number of nitrogens with one attached hydrogen (secondary N) is 1. The Morgan fingerprint density at radius 2 is 2.11 bits per heavy atom. The van der Waals surface area contributed by atoms with Gasteiger partial charge in [0.1, 0.15) is 17.7 Å². The average molecular weight is 251 g/mol. The van der Waals surface area contributed by atoms with Crippen LogP contribution in [0.5, 0.6) is 5.75 Å². The van der Waals surface area contributed by atoms with Crippen LogP contribution in [0.2, 0.25) is 0 Å². The molecular formula is C15H22FNO. The van der Waals surface area contributed by atoms with Gasteiger partial charge in [-0.3, -0.25) is 0 Å². The van der Waals surface area contributed by atoms with E-state index < -0.39 is 0 Å². The van der Waals surface area contributed by atoms with Crippen LogP contribution in [0.1, 0.15) is 38.2 Å². The number of halogens is 1. The first-order valence-electron chi connectivity index (χ1n) is 6.81. The number of rotatable bonds is 5. The lowest BCUT2D eigenvalue weighted by molar-refractivity contribution is 0.211. The zero-order chi connectivity index (χ0) is 13.0. The molecule has 1 aliphatic rings. The Morgan fingerprint density at radius 3 is 2.78 bits per heavy atom. The molecule has 2 nitrogen and oxygen atoms in total. The Labute approximate surface area is 109 Å². The maximum atomic E-state index is 13.1. The Hall–Kier alpha value is -1.09. The third-order valence-electron chi connectivity index (χ3n) is 3.52. The number of hydrogen-bond acceptors (Lipinski definition) is 2. The van der Waals surface area contributed by atoms with E-state index in [4.69, 9.17) is 4.74 Å². The van der Waals surface area contributed by atoms with Gasteiger partial charge in [0.05, 0.1) is 0 Å². The van der Waals surface area contributed by atoms with Crippen molar-refractivity contribution >= 4 is 0 Å². The van der Waals surface area contributed by atoms with Crippen molar-refractivity contribution in [2.45, 2.75) is 51.7 Å². The molecule has 0 aromatic heterocycles. The van der Waals surface area contributed by atoms with Crippen LogP contribution in [0, 0.1) is 12.7 Å². The molecule has 18 heavy (non-hydrogen) atoms. The lowest BCUT2D eigenvalue weighted by atomic mass is 10.2. The second-order valence-electron chi connectivity index (χ2n) is 5.23.